The van der Waals surface area contributed by atoms with Crippen LogP contribution in [0.1, 0.15) is 25.2 Å². The Morgan fingerprint density at radius 1 is 1.26 bits per heavy atom. The molecule has 182 valence electrons. The van der Waals surface area contributed by atoms with E-state index in [-0.39, 0.29) is 14.8 Å². The Kier molecular flexibility index (Phi) is 5.57. The Hall–Kier alpha value is -2.90. The minimum atomic E-state index is -4.74. The number of carboxylic acids is 1. The van der Waals surface area contributed by atoms with Gasteiger partial charge in [0, 0.05) is 11.5 Å². The van der Waals surface area contributed by atoms with Crippen LogP contribution in [0.15, 0.2) is 51.2 Å². The van der Waals surface area contributed by atoms with Crippen molar-refractivity contribution in [3.8, 4) is 16.3 Å². The molecule has 0 unspecified atom stereocenters. The highest BCUT2D eigenvalue weighted by atomic mass is 32.2. The van der Waals surface area contributed by atoms with Gasteiger partial charge in [-0.3, -0.25) is 4.79 Å². The Labute approximate surface area is 196 Å². The highest BCUT2D eigenvalue weighted by molar-refractivity contribution is 7.91. The van der Waals surface area contributed by atoms with Gasteiger partial charge in [-0.1, -0.05) is 31.1 Å². The molecule has 13 heteroatoms. The molecule has 1 saturated carbocycles. The van der Waals surface area contributed by atoms with Crippen LogP contribution in [0.4, 0.5) is 13.2 Å². The van der Waals surface area contributed by atoms with E-state index in [2.05, 4.69) is 14.4 Å². The molecule has 2 aromatic heterocycles. The summed E-state index contributed by atoms with van der Waals surface area (Å²) in [6, 6.07) is 9.85. The van der Waals surface area contributed by atoms with Gasteiger partial charge in [-0.25, -0.2) is 8.42 Å². The van der Waals surface area contributed by atoms with Crippen LogP contribution in [0.25, 0.3) is 10.6 Å². The molecule has 8 nitrogen and oxygen atoms in total. The van der Waals surface area contributed by atoms with Crippen molar-refractivity contribution in [1.82, 2.24) is 9.88 Å². The number of aliphatic carboxylic acids is 1. The number of benzene rings is 1. The molecule has 0 amide bonds. The zero-order valence-electron chi connectivity index (χ0n) is 18.0. The van der Waals surface area contributed by atoms with E-state index in [9.17, 15) is 31.5 Å². The summed E-state index contributed by atoms with van der Waals surface area (Å²) in [5.41, 5.74) is -2.54. The maximum absolute atomic E-state index is 13.2. The van der Waals surface area contributed by atoms with E-state index in [1.165, 1.54) is 19.2 Å². The lowest BCUT2D eigenvalue weighted by atomic mass is 9.92. The Morgan fingerprint density at radius 3 is 2.56 bits per heavy atom. The highest BCUT2D eigenvalue weighted by Gasteiger charge is 2.78. The third-order valence-electron chi connectivity index (χ3n) is 6.44. The SMILES string of the molecule is COc1cccc([C@@]2(C)[C@H](C)[C@@]2(NS(=O)(=O)c2ccc(-c3cc(C(F)(F)F)on3)s2)C(=O)O)c1. The molecular formula is C21H19F3N2O6S2. The Bertz CT molecular complexity index is 1370. The molecule has 2 heterocycles. The molecule has 1 aliphatic carbocycles. The van der Waals surface area contributed by atoms with Gasteiger partial charge in [-0.2, -0.15) is 17.9 Å². The van der Waals surface area contributed by atoms with Gasteiger partial charge < -0.3 is 14.4 Å². The van der Waals surface area contributed by atoms with Crippen LogP contribution in [0, 0.1) is 5.92 Å². The summed E-state index contributed by atoms with van der Waals surface area (Å²) in [5, 5.41) is 13.4. The molecular weight excluding hydrogens is 497 g/mol. The van der Waals surface area contributed by atoms with E-state index in [0.29, 0.717) is 28.7 Å². The molecule has 2 N–H and O–H groups in total. The van der Waals surface area contributed by atoms with Gasteiger partial charge >= 0.3 is 12.1 Å². The van der Waals surface area contributed by atoms with Gasteiger partial charge in [-0.05, 0) is 35.7 Å². The molecule has 0 radical (unpaired) electrons. The molecule has 4 rings (SSSR count). The monoisotopic (exact) mass is 516 g/mol. The first-order valence-corrected chi connectivity index (χ1v) is 12.1. The van der Waals surface area contributed by atoms with Crippen molar-refractivity contribution in [1.29, 1.82) is 0 Å². The number of ether oxygens (including phenoxy) is 1. The fourth-order valence-electron chi connectivity index (χ4n) is 4.30. The van der Waals surface area contributed by atoms with E-state index >= 15 is 0 Å². The minimum Gasteiger partial charge on any atom is -0.497 e. The summed E-state index contributed by atoms with van der Waals surface area (Å²) in [6.07, 6.45) is -4.74. The zero-order valence-corrected chi connectivity index (χ0v) is 19.6. The molecule has 0 aliphatic heterocycles. The molecule has 34 heavy (non-hydrogen) atoms. The molecule has 1 aromatic carbocycles. The second kappa shape index (κ2) is 7.82. The van der Waals surface area contributed by atoms with Gasteiger partial charge in [0.2, 0.25) is 5.76 Å². The number of carbonyl (C=O) groups is 1. The van der Waals surface area contributed by atoms with Crippen LogP contribution in [-0.2, 0) is 26.4 Å². The number of hydrogen-bond acceptors (Lipinski definition) is 7. The number of nitrogens with zero attached hydrogens (tertiary/aromatic N) is 1. The number of sulfonamides is 1. The van der Waals surface area contributed by atoms with Crippen molar-refractivity contribution < 1.29 is 40.8 Å². The number of rotatable bonds is 7. The van der Waals surface area contributed by atoms with Gasteiger partial charge in [-0.15, -0.1) is 11.3 Å². The fraction of sp³-hybridized carbons (Fsp3) is 0.333. The summed E-state index contributed by atoms with van der Waals surface area (Å²) in [4.78, 5) is 12.5. The first-order valence-electron chi connectivity index (χ1n) is 9.83. The number of halogens is 3. The van der Waals surface area contributed by atoms with Crippen LogP contribution in [-0.4, -0.2) is 37.3 Å². The second-order valence-electron chi connectivity index (χ2n) is 8.07. The number of nitrogens with one attached hydrogen (secondary N) is 1. The molecule has 0 saturated heterocycles. The number of aromatic nitrogens is 1. The third kappa shape index (κ3) is 3.58. The van der Waals surface area contributed by atoms with E-state index in [0.717, 1.165) is 0 Å². The quantitative estimate of drug-likeness (QED) is 0.485. The van der Waals surface area contributed by atoms with E-state index in [1.807, 2.05) is 0 Å². The maximum Gasteiger partial charge on any atom is 0.452 e. The maximum atomic E-state index is 13.2. The van der Waals surface area contributed by atoms with Crippen molar-refractivity contribution in [3.05, 3.63) is 53.8 Å². The van der Waals surface area contributed by atoms with Crippen molar-refractivity contribution in [2.75, 3.05) is 7.11 Å². The van der Waals surface area contributed by atoms with E-state index in [4.69, 9.17) is 4.74 Å². The molecule has 0 spiro atoms. The average molecular weight is 517 g/mol. The van der Waals surface area contributed by atoms with Gasteiger partial charge in [0.25, 0.3) is 10.0 Å². The molecule has 3 aromatic rings. The fourth-order valence-corrected chi connectivity index (χ4v) is 7.07. The van der Waals surface area contributed by atoms with Crippen LogP contribution >= 0.6 is 11.3 Å². The number of thiophene rings is 1. The van der Waals surface area contributed by atoms with Gasteiger partial charge in [0.15, 0.2) is 0 Å². The lowest BCUT2D eigenvalue weighted by Gasteiger charge is -2.21. The van der Waals surface area contributed by atoms with Crippen LogP contribution < -0.4 is 9.46 Å². The van der Waals surface area contributed by atoms with Crippen molar-refractivity contribution in [3.63, 3.8) is 0 Å². The molecule has 0 bridgehead atoms. The summed E-state index contributed by atoms with van der Waals surface area (Å²) in [6.45, 7) is 3.28. The lowest BCUT2D eigenvalue weighted by Crippen LogP contribution is -2.48. The standard InChI is InChI=1S/C21H19F3N2O6S2/c1-11-19(2,12-5-4-6-13(9-12)31-3)20(11,18(27)28)26-34(29,30)17-8-7-15(33-17)14-10-16(32-25-14)21(22,23)24/h4-11,26H,1-3H3,(H,27,28)/t11-,19+,20+/m0/s1. The van der Waals surface area contributed by atoms with Crippen molar-refractivity contribution in [2.24, 2.45) is 5.92 Å². The normalized spacial score (nSPS) is 24.7. The first kappa shape index (κ1) is 24.2. The minimum absolute atomic E-state index is 0.114. The molecule has 1 fully saturated rings. The van der Waals surface area contributed by atoms with Gasteiger partial charge in [0.05, 0.1) is 12.0 Å². The highest BCUT2D eigenvalue weighted by Crippen LogP contribution is 2.63. The van der Waals surface area contributed by atoms with Crippen LogP contribution in [0.5, 0.6) is 5.75 Å². The number of hydrogen-bond donors (Lipinski definition) is 2. The van der Waals surface area contributed by atoms with E-state index in [1.54, 1.807) is 38.1 Å². The van der Waals surface area contributed by atoms with Crippen molar-refractivity contribution in [2.45, 2.75) is 35.2 Å². The number of alkyl halides is 3. The Morgan fingerprint density at radius 2 is 1.97 bits per heavy atom. The van der Waals surface area contributed by atoms with Crippen LogP contribution in [0.3, 0.4) is 0 Å². The van der Waals surface area contributed by atoms with Crippen LogP contribution in [0.2, 0.25) is 0 Å². The molecule has 3 atom stereocenters. The predicted octanol–water partition coefficient (Wildman–Crippen LogP) is 4.14. The average Bonchev–Trinajstić information content (AvgIpc) is 3.28. The topological polar surface area (TPSA) is 119 Å². The summed E-state index contributed by atoms with van der Waals surface area (Å²) < 4.78 is 76.3. The largest absolute Gasteiger partial charge is 0.497 e. The lowest BCUT2D eigenvalue weighted by molar-refractivity contribution is -0.155. The van der Waals surface area contributed by atoms with Crippen molar-refractivity contribution >= 4 is 27.3 Å². The van der Waals surface area contributed by atoms with E-state index < -0.39 is 44.8 Å². The predicted molar refractivity (Wildman–Crippen MR) is 115 cm³/mol. The summed E-state index contributed by atoms with van der Waals surface area (Å²) >= 11 is 0.647. The Balaban J connectivity index is 1.67. The zero-order chi connectivity index (χ0) is 25.1. The van der Waals surface area contributed by atoms with Gasteiger partial charge in [0.1, 0.15) is 21.2 Å². The third-order valence-corrected chi connectivity index (χ3v) is 9.51. The summed E-state index contributed by atoms with van der Waals surface area (Å²) in [5.74, 6) is -2.79. The smallest absolute Gasteiger partial charge is 0.452 e. The summed E-state index contributed by atoms with van der Waals surface area (Å²) in [7, 11) is -2.90. The number of methoxy groups -OCH3 is 1. The first-order chi connectivity index (χ1) is 15.8. The molecule has 1 aliphatic rings. The second-order valence-corrected chi connectivity index (χ2v) is 11.1. The number of carboxylic acid groups (broad SMARTS) is 1.